The van der Waals surface area contributed by atoms with Gasteiger partial charge in [0.2, 0.25) is 0 Å². The van der Waals surface area contributed by atoms with Crippen LogP contribution in [0.4, 0.5) is 0 Å². The topological polar surface area (TPSA) is 44.1 Å². The first-order chi connectivity index (χ1) is 15.1. The van der Waals surface area contributed by atoms with Gasteiger partial charge in [0.05, 0.1) is 6.33 Å². The maximum absolute atomic E-state index is 12.4. The summed E-state index contributed by atoms with van der Waals surface area (Å²) in [7, 11) is 0. The van der Waals surface area contributed by atoms with Crippen LogP contribution in [-0.4, -0.2) is 15.3 Å². The van der Waals surface area contributed by atoms with Crippen molar-refractivity contribution in [1.82, 2.24) is 9.55 Å². The van der Waals surface area contributed by atoms with Gasteiger partial charge in [0.25, 0.3) is 0 Å². The average Bonchev–Trinajstić information content (AvgIpc) is 3.33. The maximum Gasteiger partial charge on any atom is 0.185 e. The van der Waals surface area contributed by atoms with Crippen molar-refractivity contribution >= 4 is 35.1 Å². The van der Waals surface area contributed by atoms with Gasteiger partial charge in [-0.3, -0.25) is 4.79 Å². The molecule has 0 bridgehead atoms. The number of halogens is 2. The molecule has 0 saturated carbocycles. The van der Waals surface area contributed by atoms with Gasteiger partial charge >= 0.3 is 0 Å². The van der Waals surface area contributed by atoms with Gasteiger partial charge in [-0.15, -0.1) is 0 Å². The summed E-state index contributed by atoms with van der Waals surface area (Å²) in [5.74, 6) is 0.652. The molecule has 154 valence electrons. The number of rotatable bonds is 7. The molecule has 4 rings (SSSR count). The van der Waals surface area contributed by atoms with Gasteiger partial charge in [-0.1, -0.05) is 47.5 Å². The summed E-state index contributed by atoms with van der Waals surface area (Å²) >= 11 is 12.1. The summed E-state index contributed by atoms with van der Waals surface area (Å²) in [4.78, 5) is 16.5. The number of imidazole rings is 1. The van der Waals surface area contributed by atoms with Gasteiger partial charge in [0.15, 0.2) is 5.78 Å². The number of ether oxygens (including phenoxy) is 1. The van der Waals surface area contributed by atoms with Crippen LogP contribution in [0.5, 0.6) is 5.75 Å². The van der Waals surface area contributed by atoms with Crippen molar-refractivity contribution in [1.29, 1.82) is 0 Å². The molecule has 0 aliphatic carbocycles. The molecule has 0 unspecified atom stereocenters. The zero-order chi connectivity index (χ0) is 21.6. The Hall–Kier alpha value is -3.34. The summed E-state index contributed by atoms with van der Waals surface area (Å²) in [6, 6.07) is 20.2. The molecule has 4 aromatic rings. The monoisotopic (exact) mass is 448 g/mol. The Morgan fingerprint density at radius 1 is 1.00 bits per heavy atom. The predicted octanol–water partition coefficient (Wildman–Crippen LogP) is 6.65. The molecule has 0 atom stereocenters. The van der Waals surface area contributed by atoms with Crippen molar-refractivity contribution in [2.24, 2.45) is 0 Å². The lowest BCUT2D eigenvalue weighted by Crippen LogP contribution is -1.96. The van der Waals surface area contributed by atoms with E-state index in [2.05, 4.69) is 4.98 Å². The van der Waals surface area contributed by atoms with E-state index in [0.29, 0.717) is 28.0 Å². The first-order valence-electron chi connectivity index (χ1n) is 9.56. The van der Waals surface area contributed by atoms with E-state index in [1.165, 1.54) is 0 Å². The molecular weight excluding hydrogens is 431 g/mol. The molecule has 0 N–H and O–H groups in total. The molecule has 0 saturated heterocycles. The Labute approximate surface area is 190 Å². The van der Waals surface area contributed by atoms with Crippen LogP contribution in [0, 0.1) is 0 Å². The Kier molecular flexibility index (Phi) is 6.51. The van der Waals surface area contributed by atoms with E-state index >= 15 is 0 Å². The Morgan fingerprint density at radius 3 is 2.45 bits per heavy atom. The third-order valence-electron chi connectivity index (χ3n) is 4.67. The largest absolute Gasteiger partial charge is 0.489 e. The molecule has 0 aliphatic heterocycles. The Morgan fingerprint density at radius 2 is 1.77 bits per heavy atom. The molecule has 0 aliphatic rings. The van der Waals surface area contributed by atoms with Gasteiger partial charge in [-0.25, -0.2) is 4.98 Å². The van der Waals surface area contributed by atoms with E-state index in [9.17, 15) is 4.79 Å². The Bertz CT molecular complexity index is 1200. The van der Waals surface area contributed by atoms with Crippen molar-refractivity contribution in [2.75, 3.05) is 0 Å². The molecule has 0 spiro atoms. The molecule has 31 heavy (non-hydrogen) atoms. The van der Waals surface area contributed by atoms with E-state index in [1.807, 2.05) is 53.2 Å². The number of benzene rings is 3. The van der Waals surface area contributed by atoms with Gasteiger partial charge in [-0.05, 0) is 60.2 Å². The van der Waals surface area contributed by atoms with E-state index in [0.717, 1.165) is 16.8 Å². The number of carbonyl (C=O) groups is 1. The minimum atomic E-state index is -0.0603. The average molecular weight is 449 g/mol. The number of nitrogens with zero attached hydrogens (tertiary/aromatic N) is 2. The normalized spacial score (nSPS) is 11.0. The number of allylic oxidation sites excluding steroid dienone is 1. The Balaban J connectivity index is 1.35. The van der Waals surface area contributed by atoms with Gasteiger partial charge < -0.3 is 9.30 Å². The van der Waals surface area contributed by atoms with Crippen LogP contribution in [0.3, 0.4) is 0 Å². The van der Waals surface area contributed by atoms with Gasteiger partial charge in [0, 0.05) is 39.3 Å². The molecule has 3 aromatic carbocycles. The molecule has 6 heteroatoms. The van der Waals surface area contributed by atoms with Crippen molar-refractivity contribution in [3.8, 4) is 11.4 Å². The summed E-state index contributed by atoms with van der Waals surface area (Å²) in [5.41, 5.74) is 3.34. The highest BCUT2D eigenvalue weighted by Crippen LogP contribution is 2.23. The van der Waals surface area contributed by atoms with Gasteiger partial charge in [-0.2, -0.15) is 0 Å². The zero-order valence-electron chi connectivity index (χ0n) is 16.4. The van der Waals surface area contributed by atoms with Crippen LogP contribution in [0.15, 0.2) is 91.5 Å². The highest BCUT2D eigenvalue weighted by molar-refractivity contribution is 6.35. The van der Waals surface area contributed by atoms with Crippen molar-refractivity contribution in [3.63, 3.8) is 0 Å². The summed E-state index contributed by atoms with van der Waals surface area (Å²) in [6.45, 7) is 0.346. The third-order valence-corrected chi connectivity index (χ3v) is 5.26. The first-order valence-corrected chi connectivity index (χ1v) is 10.3. The van der Waals surface area contributed by atoms with E-state index < -0.39 is 0 Å². The van der Waals surface area contributed by atoms with Crippen molar-refractivity contribution < 1.29 is 9.53 Å². The number of carbonyl (C=O) groups excluding carboxylic acids is 1. The van der Waals surface area contributed by atoms with Crippen LogP contribution in [0.2, 0.25) is 10.0 Å². The number of hydrogen-bond acceptors (Lipinski definition) is 3. The van der Waals surface area contributed by atoms with Crippen molar-refractivity contribution in [2.45, 2.75) is 6.61 Å². The summed E-state index contributed by atoms with van der Waals surface area (Å²) < 4.78 is 7.66. The minimum absolute atomic E-state index is 0.0603. The summed E-state index contributed by atoms with van der Waals surface area (Å²) in [6.07, 6.45) is 8.63. The number of aromatic nitrogens is 2. The molecular formula is C25H18Cl2N2O2. The predicted molar refractivity (Wildman–Crippen MR) is 124 cm³/mol. The molecule has 0 fully saturated rings. The van der Waals surface area contributed by atoms with E-state index in [1.54, 1.807) is 48.9 Å². The van der Waals surface area contributed by atoms with E-state index in [4.69, 9.17) is 27.9 Å². The van der Waals surface area contributed by atoms with Crippen molar-refractivity contribution in [3.05, 3.63) is 118 Å². The second-order valence-electron chi connectivity index (χ2n) is 6.81. The van der Waals surface area contributed by atoms with E-state index in [-0.39, 0.29) is 5.78 Å². The fraction of sp³-hybridized carbons (Fsp3) is 0.0400. The second kappa shape index (κ2) is 9.65. The quantitative estimate of drug-likeness (QED) is 0.234. The highest BCUT2D eigenvalue weighted by atomic mass is 35.5. The summed E-state index contributed by atoms with van der Waals surface area (Å²) in [5, 5.41) is 1.16. The fourth-order valence-corrected chi connectivity index (χ4v) is 3.42. The first kappa shape index (κ1) is 20.9. The lowest BCUT2D eigenvalue weighted by atomic mass is 10.1. The number of ketones is 1. The van der Waals surface area contributed by atoms with Crippen LogP contribution in [0.25, 0.3) is 11.8 Å². The zero-order valence-corrected chi connectivity index (χ0v) is 17.9. The molecule has 0 amide bonds. The maximum atomic E-state index is 12.4. The minimum Gasteiger partial charge on any atom is -0.489 e. The second-order valence-corrected chi connectivity index (χ2v) is 7.65. The standard InChI is InChI=1S/C25H18Cl2N2O2/c26-21-7-4-20(24(27)15-21)16-31-23-10-1-18(2-11-23)3-12-25(30)19-5-8-22(9-6-19)29-14-13-28-17-29/h1-15,17H,16H2/b12-3+. The van der Waals surface area contributed by atoms with Crippen LogP contribution < -0.4 is 4.74 Å². The number of hydrogen-bond donors (Lipinski definition) is 0. The van der Waals surface area contributed by atoms with Crippen LogP contribution in [0.1, 0.15) is 21.5 Å². The molecule has 0 radical (unpaired) electrons. The molecule has 1 heterocycles. The SMILES string of the molecule is O=C(/C=C/c1ccc(OCc2ccc(Cl)cc2Cl)cc1)c1ccc(-n2ccnc2)cc1. The lowest BCUT2D eigenvalue weighted by Gasteiger charge is -2.08. The lowest BCUT2D eigenvalue weighted by molar-refractivity contribution is 0.104. The van der Waals surface area contributed by atoms with Gasteiger partial charge in [0.1, 0.15) is 12.4 Å². The third kappa shape index (κ3) is 5.43. The van der Waals surface area contributed by atoms with Crippen LogP contribution in [-0.2, 0) is 6.61 Å². The fourth-order valence-electron chi connectivity index (χ4n) is 2.95. The molecule has 4 nitrogen and oxygen atoms in total. The highest BCUT2D eigenvalue weighted by Gasteiger charge is 2.04. The van der Waals surface area contributed by atoms with Crippen LogP contribution >= 0.6 is 23.2 Å². The smallest absolute Gasteiger partial charge is 0.185 e. The molecule has 1 aromatic heterocycles.